The van der Waals surface area contributed by atoms with Crippen molar-refractivity contribution in [1.29, 1.82) is 0 Å². The maximum absolute atomic E-state index is 13.1. The number of fused-ring (bicyclic) bond motifs is 1. The van der Waals surface area contributed by atoms with E-state index in [1.54, 1.807) is 17.7 Å². The number of nitrogens with one attached hydrogen (secondary N) is 1. The van der Waals surface area contributed by atoms with Crippen molar-refractivity contribution < 1.29 is 9.59 Å². The van der Waals surface area contributed by atoms with Crippen molar-refractivity contribution >= 4 is 34.5 Å². The topological polar surface area (TPSA) is 84.3 Å². The molecule has 2 aromatic rings. The predicted molar refractivity (Wildman–Crippen MR) is 106 cm³/mol. The molecule has 0 bridgehead atoms. The van der Waals surface area contributed by atoms with E-state index in [-0.39, 0.29) is 35.7 Å². The maximum Gasteiger partial charge on any atom is 0.262 e. The average molecular weight is 388 g/mol. The zero-order valence-corrected chi connectivity index (χ0v) is 16.4. The lowest BCUT2D eigenvalue weighted by Gasteiger charge is -2.20. The fourth-order valence-electron chi connectivity index (χ4n) is 3.33. The molecule has 0 unspecified atom stereocenters. The number of amides is 2. The molecule has 0 saturated heterocycles. The van der Waals surface area contributed by atoms with Gasteiger partial charge in [-0.15, -0.1) is 0 Å². The summed E-state index contributed by atoms with van der Waals surface area (Å²) in [7, 11) is 3.13. The van der Waals surface area contributed by atoms with E-state index in [1.807, 2.05) is 18.2 Å². The lowest BCUT2D eigenvalue weighted by Crippen LogP contribution is -2.37. The summed E-state index contributed by atoms with van der Waals surface area (Å²) in [4.78, 5) is 42.9. The summed E-state index contributed by atoms with van der Waals surface area (Å²) in [5.74, 6) is -0.267. The van der Waals surface area contributed by atoms with Gasteiger partial charge in [0.15, 0.2) is 5.16 Å². The normalized spacial score (nSPS) is 14.4. The molecule has 7 nitrogen and oxygen atoms in total. The van der Waals surface area contributed by atoms with Gasteiger partial charge in [0.1, 0.15) is 0 Å². The summed E-state index contributed by atoms with van der Waals surface area (Å²) in [6.07, 6.45) is 4.11. The molecule has 1 N–H and O–H groups in total. The summed E-state index contributed by atoms with van der Waals surface area (Å²) < 4.78 is 1.77. The largest absolute Gasteiger partial charge is 0.358 e. The number of benzene rings is 1. The highest BCUT2D eigenvalue weighted by molar-refractivity contribution is 7.99. The monoisotopic (exact) mass is 388 g/mol. The van der Waals surface area contributed by atoms with Crippen LogP contribution in [0.5, 0.6) is 0 Å². The van der Waals surface area contributed by atoms with Gasteiger partial charge in [-0.3, -0.25) is 19.0 Å². The number of carbonyl (C=O) groups excluding carboxylic acids is 2. The van der Waals surface area contributed by atoms with Gasteiger partial charge in [-0.25, -0.2) is 4.98 Å². The molecule has 0 spiro atoms. The van der Waals surface area contributed by atoms with Gasteiger partial charge in [0.05, 0.1) is 23.2 Å². The van der Waals surface area contributed by atoms with E-state index in [9.17, 15) is 14.4 Å². The van der Waals surface area contributed by atoms with Crippen molar-refractivity contribution in [3.8, 4) is 0 Å². The molecule has 2 amide bonds. The first-order valence-corrected chi connectivity index (χ1v) is 10.1. The number of rotatable bonds is 6. The lowest BCUT2D eigenvalue weighted by molar-refractivity contribution is -0.132. The second-order valence-corrected chi connectivity index (χ2v) is 7.68. The second-order valence-electron chi connectivity index (χ2n) is 6.74. The minimum atomic E-state index is -0.220. The second kappa shape index (κ2) is 8.56. The van der Waals surface area contributed by atoms with Crippen LogP contribution in [0.25, 0.3) is 10.9 Å². The summed E-state index contributed by atoms with van der Waals surface area (Å²) in [6.45, 7) is 0.0104. The van der Waals surface area contributed by atoms with Crippen LogP contribution in [0.2, 0.25) is 0 Å². The first-order chi connectivity index (χ1) is 13.0. The molecule has 1 heterocycles. The van der Waals surface area contributed by atoms with E-state index in [0.717, 1.165) is 25.7 Å². The third-order valence-corrected chi connectivity index (χ3v) is 5.81. The maximum atomic E-state index is 13.1. The Kier molecular flexibility index (Phi) is 6.15. The highest BCUT2D eigenvalue weighted by Gasteiger charge is 2.24. The van der Waals surface area contributed by atoms with Crippen LogP contribution in [0.1, 0.15) is 31.7 Å². The Morgan fingerprint density at radius 3 is 2.70 bits per heavy atom. The molecule has 27 heavy (non-hydrogen) atoms. The molecular weight excluding hydrogens is 364 g/mol. The molecule has 0 radical (unpaired) electrons. The molecule has 1 aromatic heterocycles. The van der Waals surface area contributed by atoms with E-state index in [2.05, 4.69) is 10.3 Å². The van der Waals surface area contributed by atoms with E-state index < -0.39 is 0 Å². The number of likely N-dealkylation sites (N-methyl/N-ethyl adjacent to an activating group) is 2. The van der Waals surface area contributed by atoms with Crippen molar-refractivity contribution in [3.63, 3.8) is 0 Å². The third-order valence-electron chi connectivity index (χ3n) is 4.88. The molecule has 1 aliphatic rings. The SMILES string of the molecule is CNC(=O)CN(C)C(=O)CSc1nc2ccccc2c(=O)n1C1CCCC1. The van der Waals surface area contributed by atoms with Crippen LogP contribution >= 0.6 is 11.8 Å². The number of hydrogen-bond donors (Lipinski definition) is 1. The Balaban J connectivity index is 1.86. The van der Waals surface area contributed by atoms with Gasteiger partial charge in [-0.05, 0) is 25.0 Å². The van der Waals surface area contributed by atoms with Gasteiger partial charge >= 0.3 is 0 Å². The first-order valence-electron chi connectivity index (χ1n) is 9.10. The summed E-state index contributed by atoms with van der Waals surface area (Å²) >= 11 is 1.26. The standard InChI is InChI=1S/C19H24N4O3S/c1-20-16(24)11-22(2)17(25)12-27-19-21-15-10-6-5-9-14(15)18(26)23(19)13-7-3-4-8-13/h5-6,9-10,13H,3-4,7-8,11-12H2,1-2H3,(H,20,24). The average Bonchev–Trinajstić information content (AvgIpc) is 3.20. The molecule has 0 atom stereocenters. The van der Waals surface area contributed by atoms with Crippen molar-refractivity contribution in [1.82, 2.24) is 19.8 Å². The first kappa shape index (κ1) is 19.4. The van der Waals surface area contributed by atoms with Crippen LogP contribution in [-0.4, -0.2) is 52.7 Å². The van der Waals surface area contributed by atoms with E-state index in [0.29, 0.717) is 16.1 Å². The van der Waals surface area contributed by atoms with Crippen molar-refractivity contribution in [2.75, 3.05) is 26.4 Å². The van der Waals surface area contributed by atoms with E-state index in [4.69, 9.17) is 0 Å². The molecule has 1 aromatic carbocycles. The Morgan fingerprint density at radius 2 is 2.00 bits per heavy atom. The Hall–Kier alpha value is -2.35. The van der Waals surface area contributed by atoms with Gasteiger partial charge in [0.2, 0.25) is 11.8 Å². The van der Waals surface area contributed by atoms with Crippen molar-refractivity contribution in [3.05, 3.63) is 34.6 Å². The van der Waals surface area contributed by atoms with Gasteiger partial charge in [-0.2, -0.15) is 0 Å². The number of para-hydroxylation sites is 1. The van der Waals surface area contributed by atoms with Crippen LogP contribution in [0, 0.1) is 0 Å². The molecule has 8 heteroatoms. The fourth-order valence-corrected chi connectivity index (χ4v) is 4.34. The number of carbonyl (C=O) groups is 2. The Labute approximate surface area is 162 Å². The lowest BCUT2D eigenvalue weighted by atomic mass is 10.2. The fraction of sp³-hybridized carbons (Fsp3) is 0.474. The van der Waals surface area contributed by atoms with Crippen LogP contribution in [0.15, 0.2) is 34.2 Å². The van der Waals surface area contributed by atoms with Crippen molar-refractivity contribution in [2.45, 2.75) is 36.9 Å². The minimum absolute atomic E-state index is 0.0104. The summed E-state index contributed by atoms with van der Waals surface area (Å²) in [6, 6.07) is 7.45. The molecule has 1 fully saturated rings. The van der Waals surface area contributed by atoms with Crippen LogP contribution < -0.4 is 10.9 Å². The highest BCUT2D eigenvalue weighted by Crippen LogP contribution is 2.32. The quantitative estimate of drug-likeness (QED) is 0.603. The molecule has 0 aliphatic heterocycles. The molecule has 1 saturated carbocycles. The van der Waals surface area contributed by atoms with Gasteiger partial charge < -0.3 is 10.2 Å². The predicted octanol–water partition coefficient (Wildman–Crippen LogP) is 1.81. The Morgan fingerprint density at radius 1 is 1.30 bits per heavy atom. The van der Waals surface area contributed by atoms with E-state index >= 15 is 0 Å². The minimum Gasteiger partial charge on any atom is -0.358 e. The van der Waals surface area contributed by atoms with Gasteiger partial charge in [0.25, 0.3) is 5.56 Å². The molecule has 3 rings (SSSR count). The number of aromatic nitrogens is 2. The molecular formula is C19H24N4O3S. The summed E-state index contributed by atoms with van der Waals surface area (Å²) in [5.41, 5.74) is 0.603. The zero-order valence-electron chi connectivity index (χ0n) is 15.6. The van der Waals surface area contributed by atoms with E-state index in [1.165, 1.54) is 23.7 Å². The van der Waals surface area contributed by atoms with Crippen LogP contribution in [0.3, 0.4) is 0 Å². The van der Waals surface area contributed by atoms with Crippen LogP contribution in [0.4, 0.5) is 0 Å². The zero-order chi connectivity index (χ0) is 19.4. The molecule has 1 aliphatic carbocycles. The third kappa shape index (κ3) is 4.32. The smallest absolute Gasteiger partial charge is 0.262 e. The number of nitrogens with zero attached hydrogens (tertiary/aromatic N) is 3. The van der Waals surface area contributed by atoms with Crippen LogP contribution in [-0.2, 0) is 9.59 Å². The van der Waals surface area contributed by atoms with Gasteiger partial charge in [-0.1, -0.05) is 36.7 Å². The van der Waals surface area contributed by atoms with Crippen molar-refractivity contribution in [2.24, 2.45) is 0 Å². The Bertz CT molecular complexity index is 905. The molecule has 144 valence electrons. The summed E-state index contributed by atoms with van der Waals surface area (Å²) in [5, 5.41) is 3.69. The number of hydrogen-bond acceptors (Lipinski definition) is 5. The number of thioether (sulfide) groups is 1. The van der Waals surface area contributed by atoms with Gasteiger partial charge in [0, 0.05) is 20.1 Å². The highest BCUT2D eigenvalue weighted by atomic mass is 32.2.